The van der Waals surface area contributed by atoms with E-state index in [1.54, 1.807) is 4.68 Å². The maximum absolute atomic E-state index is 10.5. The molecule has 0 spiro atoms. The molecule has 114 valence electrons. The summed E-state index contributed by atoms with van der Waals surface area (Å²) in [5, 5.41) is 15.5. The van der Waals surface area contributed by atoms with Gasteiger partial charge in [-0.05, 0) is 30.7 Å². The van der Waals surface area contributed by atoms with Crippen LogP contribution in [0.1, 0.15) is 55.5 Å². The fourth-order valence-corrected chi connectivity index (χ4v) is 2.82. The van der Waals surface area contributed by atoms with Crippen molar-refractivity contribution >= 4 is 11.6 Å². The Balaban J connectivity index is 2.02. The third-order valence-electron chi connectivity index (χ3n) is 3.71. The molecular weight excluding hydrogens is 284 g/mol. The predicted octanol–water partition coefficient (Wildman–Crippen LogP) is 4.25. The first kappa shape index (κ1) is 16.1. The molecule has 1 aromatic carbocycles. The van der Waals surface area contributed by atoms with E-state index in [4.69, 9.17) is 11.6 Å². The topological polar surface area (TPSA) is 38.0 Å². The van der Waals surface area contributed by atoms with Gasteiger partial charge in [0.2, 0.25) is 0 Å². The number of aliphatic hydroxyl groups is 1. The summed E-state index contributed by atoms with van der Waals surface area (Å²) in [5.41, 5.74) is 2.99. The lowest BCUT2D eigenvalue weighted by Crippen LogP contribution is -2.03. The van der Waals surface area contributed by atoms with Gasteiger partial charge in [0.15, 0.2) is 0 Å². The van der Waals surface area contributed by atoms with E-state index < -0.39 is 6.10 Å². The van der Waals surface area contributed by atoms with Gasteiger partial charge in [0, 0.05) is 12.6 Å². The predicted molar refractivity (Wildman–Crippen MR) is 86.6 cm³/mol. The molecular formula is C17H23ClN2O. The summed E-state index contributed by atoms with van der Waals surface area (Å²) in [5.74, 6) is 0.252. The molecule has 3 nitrogen and oxygen atoms in total. The summed E-state index contributed by atoms with van der Waals surface area (Å²) >= 11 is 6.29. The maximum atomic E-state index is 10.5. The molecule has 2 rings (SSSR count). The molecule has 0 aliphatic rings. The highest BCUT2D eigenvalue weighted by molar-refractivity contribution is 6.30. The Morgan fingerprint density at radius 3 is 2.52 bits per heavy atom. The van der Waals surface area contributed by atoms with Gasteiger partial charge in [0.1, 0.15) is 5.15 Å². The number of nitrogens with zero attached hydrogens (tertiary/aromatic N) is 2. The van der Waals surface area contributed by atoms with E-state index in [0.29, 0.717) is 11.6 Å². The third-order valence-corrected chi connectivity index (χ3v) is 4.15. The average Bonchev–Trinajstić information content (AvgIpc) is 2.76. The van der Waals surface area contributed by atoms with Crippen LogP contribution in [0.15, 0.2) is 30.3 Å². The lowest BCUT2D eigenvalue weighted by molar-refractivity contribution is 0.163. The van der Waals surface area contributed by atoms with Gasteiger partial charge in [-0.25, -0.2) is 0 Å². The Morgan fingerprint density at radius 1 is 1.24 bits per heavy atom. The minimum Gasteiger partial charge on any atom is -0.388 e. The largest absolute Gasteiger partial charge is 0.388 e. The molecule has 4 heteroatoms. The summed E-state index contributed by atoms with van der Waals surface area (Å²) in [4.78, 5) is 0. The number of hydrogen-bond acceptors (Lipinski definition) is 2. The van der Waals surface area contributed by atoms with Crippen LogP contribution in [0.3, 0.4) is 0 Å². The van der Waals surface area contributed by atoms with E-state index in [0.717, 1.165) is 24.1 Å². The standard InChI is InChI=1S/C17H23ClN2O/c1-12(2)16-15(17(18)20(3)19-16)14(21)11-7-10-13-8-5-4-6-9-13/h4-6,8-9,12,14,21H,7,10-11H2,1-3H3. The van der Waals surface area contributed by atoms with Crippen molar-refractivity contribution in [3.63, 3.8) is 0 Å². The molecule has 0 aliphatic heterocycles. The molecule has 2 aromatic rings. The Morgan fingerprint density at radius 2 is 1.90 bits per heavy atom. The fourth-order valence-electron chi connectivity index (χ4n) is 2.56. The molecule has 1 atom stereocenters. The Labute approximate surface area is 131 Å². The summed E-state index contributed by atoms with van der Waals surface area (Å²) in [6.07, 6.45) is 2.04. The molecule has 0 saturated heterocycles. The van der Waals surface area contributed by atoms with Gasteiger partial charge >= 0.3 is 0 Å². The van der Waals surface area contributed by atoms with Gasteiger partial charge in [-0.15, -0.1) is 0 Å². The fraction of sp³-hybridized carbons (Fsp3) is 0.471. The summed E-state index contributed by atoms with van der Waals surface area (Å²) in [6, 6.07) is 10.3. The quantitative estimate of drug-likeness (QED) is 0.866. The highest BCUT2D eigenvalue weighted by Crippen LogP contribution is 2.33. The van der Waals surface area contributed by atoms with Gasteiger partial charge in [-0.2, -0.15) is 5.10 Å². The smallest absolute Gasteiger partial charge is 0.132 e. The maximum Gasteiger partial charge on any atom is 0.132 e. The number of halogens is 1. The van der Waals surface area contributed by atoms with E-state index in [1.165, 1.54) is 5.56 Å². The summed E-state index contributed by atoms with van der Waals surface area (Å²) < 4.78 is 1.65. The number of rotatable bonds is 6. The number of aromatic nitrogens is 2. The van der Waals surface area contributed by atoms with Crippen LogP contribution in [0.5, 0.6) is 0 Å². The molecule has 0 fully saturated rings. The highest BCUT2D eigenvalue weighted by atomic mass is 35.5. The first-order valence-electron chi connectivity index (χ1n) is 7.45. The molecule has 0 amide bonds. The lowest BCUT2D eigenvalue weighted by Gasteiger charge is -2.13. The molecule has 0 aliphatic carbocycles. The molecule has 1 N–H and O–H groups in total. The number of benzene rings is 1. The van der Waals surface area contributed by atoms with Crippen LogP contribution >= 0.6 is 11.6 Å². The summed E-state index contributed by atoms with van der Waals surface area (Å²) in [6.45, 7) is 4.14. The minimum atomic E-state index is -0.549. The van der Waals surface area contributed by atoms with Crippen molar-refractivity contribution in [3.8, 4) is 0 Å². The van der Waals surface area contributed by atoms with E-state index in [2.05, 4.69) is 31.1 Å². The van der Waals surface area contributed by atoms with Crippen molar-refractivity contribution in [1.82, 2.24) is 9.78 Å². The molecule has 21 heavy (non-hydrogen) atoms. The van der Waals surface area contributed by atoms with Gasteiger partial charge in [0.05, 0.1) is 11.8 Å². The van der Waals surface area contributed by atoms with Crippen LogP contribution in [0.2, 0.25) is 5.15 Å². The van der Waals surface area contributed by atoms with Crippen molar-refractivity contribution in [1.29, 1.82) is 0 Å². The lowest BCUT2D eigenvalue weighted by atomic mass is 9.98. The first-order chi connectivity index (χ1) is 10.0. The van der Waals surface area contributed by atoms with Crippen molar-refractivity contribution in [3.05, 3.63) is 52.3 Å². The van der Waals surface area contributed by atoms with E-state index in [9.17, 15) is 5.11 Å². The number of aliphatic hydroxyl groups excluding tert-OH is 1. The highest BCUT2D eigenvalue weighted by Gasteiger charge is 2.23. The zero-order valence-corrected chi connectivity index (χ0v) is 13.6. The normalized spacial score (nSPS) is 12.9. The van der Waals surface area contributed by atoms with Crippen LogP contribution in [0, 0.1) is 0 Å². The van der Waals surface area contributed by atoms with Crippen LogP contribution in [-0.2, 0) is 13.5 Å². The molecule has 1 unspecified atom stereocenters. The van der Waals surface area contributed by atoms with Crippen molar-refractivity contribution in [2.24, 2.45) is 7.05 Å². The summed E-state index contributed by atoms with van der Waals surface area (Å²) in [7, 11) is 1.81. The Hall–Kier alpha value is -1.32. The Kier molecular flexibility index (Phi) is 5.43. The second kappa shape index (κ2) is 7.10. The number of aryl methyl sites for hydroxylation is 2. The minimum absolute atomic E-state index is 0.252. The van der Waals surface area contributed by atoms with Crippen molar-refractivity contribution < 1.29 is 5.11 Å². The monoisotopic (exact) mass is 306 g/mol. The molecule has 0 bridgehead atoms. The van der Waals surface area contributed by atoms with Crippen molar-refractivity contribution in [2.45, 2.75) is 45.1 Å². The zero-order chi connectivity index (χ0) is 15.4. The second-order valence-corrected chi connectivity index (χ2v) is 6.12. The SMILES string of the molecule is CC(C)c1nn(C)c(Cl)c1C(O)CCCc1ccccc1. The van der Waals surface area contributed by atoms with Crippen LogP contribution in [0.4, 0.5) is 0 Å². The van der Waals surface area contributed by atoms with Crippen LogP contribution < -0.4 is 0 Å². The van der Waals surface area contributed by atoms with Gasteiger partial charge < -0.3 is 5.11 Å². The third kappa shape index (κ3) is 3.86. The zero-order valence-electron chi connectivity index (χ0n) is 12.9. The van der Waals surface area contributed by atoms with Gasteiger partial charge in [0.25, 0.3) is 0 Å². The van der Waals surface area contributed by atoms with Crippen LogP contribution in [-0.4, -0.2) is 14.9 Å². The molecule has 0 radical (unpaired) electrons. The first-order valence-corrected chi connectivity index (χ1v) is 7.82. The van der Waals surface area contributed by atoms with Crippen molar-refractivity contribution in [2.75, 3.05) is 0 Å². The van der Waals surface area contributed by atoms with Gasteiger partial charge in [-0.1, -0.05) is 55.8 Å². The van der Waals surface area contributed by atoms with Crippen LogP contribution in [0.25, 0.3) is 0 Å². The average molecular weight is 307 g/mol. The second-order valence-electron chi connectivity index (χ2n) is 5.76. The number of hydrogen-bond donors (Lipinski definition) is 1. The molecule has 0 saturated carbocycles. The van der Waals surface area contributed by atoms with Gasteiger partial charge in [-0.3, -0.25) is 4.68 Å². The Bertz CT molecular complexity index is 578. The molecule has 1 aromatic heterocycles. The van der Waals surface area contributed by atoms with E-state index in [1.807, 2.05) is 25.2 Å². The molecule has 1 heterocycles. The van der Waals surface area contributed by atoms with E-state index in [-0.39, 0.29) is 5.92 Å². The van der Waals surface area contributed by atoms with E-state index >= 15 is 0 Å².